The molecule has 19 nitrogen and oxygen atoms in total. The normalized spacial score (nSPS) is 28.9. The molecule has 44 heavy (non-hydrogen) atoms. The summed E-state index contributed by atoms with van der Waals surface area (Å²) < 4.78 is 56.8. The third kappa shape index (κ3) is 5.96. The van der Waals surface area contributed by atoms with Crippen LogP contribution in [-0.4, -0.2) is 104 Å². The first kappa shape index (κ1) is 31.6. The Balaban J connectivity index is 0.000000177. The van der Waals surface area contributed by atoms with Crippen LogP contribution in [0.1, 0.15) is 12.5 Å². The molecule has 0 saturated carbocycles. The zero-order valence-electron chi connectivity index (χ0n) is 22.2. The predicted octanol–water partition coefficient (Wildman–Crippen LogP) is -2.09. The highest BCUT2D eigenvalue weighted by Crippen LogP contribution is 2.39. The summed E-state index contributed by atoms with van der Waals surface area (Å²) in [6, 6.07) is 2.82. The number of aromatic nitrogens is 6. The molecule has 2 saturated heterocycles. The number of aromatic amines is 2. The lowest BCUT2D eigenvalue weighted by Gasteiger charge is -2.16. The molecule has 4 aromatic heterocycles. The van der Waals surface area contributed by atoms with Gasteiger partial charge in [0.2, 0.25) is 11.9 Å². The van der Waals surface area contributed by atoms with Crippen LogP contribution in [0.5, 0.6) is 0 Å². The highest BCUT2D eigenvalue weighted by atomic mass is 31.2. The van der Waals surface area contributed by atoms with Crippen molar-refractivity contribution in [2.24, 2.45) is 0 Å². The van der Waals surface area contributed by atoms with E-state index in [-0.39, 0.29) is 34.0 Å². The van der Waals surface area contributed by atoms with Crippen LogP contribution in [0.25, 0.3) is 22.1 Å². The van der Waals surface area contributed by atoms with Crippen molar-refractivity contribution in [2.75, 3.05) is 24.4 Å². The van der Waals surface area contributed by atoms with Crippen molar-refractivity contribution in [3.8, 4) is 0 Å². The molecular formula is C22H27F2N8O11P. The van der Waals surface area contributed by atoms with Gasteiger partial charge in [0.05, 0.1) is 17.4 Å². The number of nitrogens with two attached hydrogens (primary N) is 2. The number of aliphatic hydroxyl groups excluding tert-OH is 3. The van der Waals surface area contributed by atoms with Crippen LogP contribution in [0, 0.1) is 0 Å². The summed E-state index contributed by atoms with van der Waals surface area (Å²) in [6.45, 7) is -0.507. The molecule has 11 N–H and O–H groups in total. The summed E-state index contributed by atoms with van der Waals surface area (Å²) in [6.07, 6.45) is -10.4. The Bertz CT molecular complexity index is 1820. The van der Waals surface area contributed by atoms with Crippen molar-refractivity contribution < 1.29 is 52.7 Å². The number of alkyl halides is 2. The van der Waals surface area contributed by atoms with Gasteiger partial charge in [0.1, 0.15) is 18.3 Å². The van der Waals surface area contributed by atoms with E-state index in [1.807, 2.05) is 0 Å². The smallest absolute Gasteiger partial charge is 0.351 e. The van der Waals surface area contributed by atoms with E-state index in [1.54, 1.807) is 0 Å². The number of hydrogen-bond acceptors (Lipinski definition) is 13. The van der Waals surface area contributed by atoms with E-state index in [0.717, 1.165) is 4.57 Å². The van der Waals surface area contributed by atoms with Gasteiger partial charge >= 0.3 is 7.60 Å². The van der Waals surface area contributed by atoms with Crippen LogP contribution in [0.15, 0.2) is 34.1 Å². The number of ether oxygens (including phenoxy) is 3. The van der Waals surface area contributed by atoms with Gasteiger partial charge in [-0.05, 0) is 12.1 Å². The molecule has 240 valence electrons. The van der Waals surface area contributed by atoms with E-state index >= 15 is 0 Å². The zero-order chi connectivity index (χ0) is 32.1. The molecule has 0 radical (unpaired) electrons. The molecule has 0 aliphatic carbocycles. The molecule has 0 bridgehead atoms. The van der Waals surface area contributed by atoms with E-state index in [1.165, 1.54) is 29.1 Å². The minimum Gasteiger partial charge on any atom is -0.394 e. The highest BCUT2D eigenvalue weighted by Gasteiger charge is 2.47. The number of nitrogens with zero attached hydrogens (tertiary/aromatic N) is 4. The first-order valence-electron chi connectivity index (χ1n) is 12.6. The van der Waals surface area contributed by atoms with E-state index in [4.69, 9.17) is 40.6 Å². The minimum atomic E-state index is -4.51. The molecule has 0 spiro atoms. The lowest BCUT2D eigenvalue weighted by atomic mass is 10.1. The van der Waals surface area contributed by atoms with Crippen molar-refractivity contribution in [1.29, 1.82) is 0 Å². The Morgan fingerprint density at radius 3 is 1.84 bits per heavy atom. The standard InChI is InChI=1S/C11H14FN4O7P.C11H13FN4O4/c12-5-6(17)10(22-3-24(19,20)21)23-9(5)16-2-1-4-7(16)14-11(13)15-8(4)18;12-6-7(18)5(3-17)20-10(6)16-2-1-4-8(16)14-11(13)15-9(4)19/h1-2,5-6,9-10,17H,3H2,(H2,19,20,21)(H3,13,14,15,18);1-2,5-7,10,17-18H,3H2,(H3,13,14,15,19)/t5-,6?,9+,10-;5-,6+,7?,10-/m01/s1. The number of nitrogens with one attached hydrogen (secondary N) is 2. The van der Waals surface area contributed by atoms with Crippen LogP contribution in [0.2, 0.25) is 0 Å². The molecule has 2 fully saturated rings. The van der Waals surface area contributed by atoms with Gasteiger partial charge < -0.3 is 59.9 Å². The highest BCUT2D eigenvalue weighted by molar-refractivity contribution is 7.51. The summed E-state index contributed by atoms with van der Waals surface area (Å²) in [5.41, 5.74) is 10.1. The minimum absolute atomic E-state index is 0.0340. The Labute approximate surface area is 242 Å². The first-order chi connectivity index (χ1) is 20.7. The maximum absolute atomic E-state index is 14.3. The number of hydrogen-bond donors (Lipinski definition) is 9. The Morgan fingerprint density at radius 1 is 0.909 bits per heavy atom. The number of nitrogen functional groups attached to an aromatic ring is 2. The topological polar surface area (TPSA) is 299 Å². The second-order valence-electron chi connectivity index (χ2n) is 9.80. The average Bonchev–Trinajstić information content (AvgIpc) is 3.69. The van der Waals surface area contributed by atoms with Gasteiger partial charge in [-0.1, -0.05) is 0 Å². The lowest BCUT2D eigenvalue weighted by molar-refractivity contribution is -0.167. The van der Waals surface area contributed by atoms with Crippen molar-refractivity contribution in [3.63, 3.8) is 0 Å². The number of aliphatic hydroxyl groups is 3. The van der Waals surface area contributed by atoms with E-state index in [9.17, 15) is 33.1 Å². The van der Waals surface area contributed by atoms with Gasteiger partial charge in [0, 0.05) is 12.4 Å². The molecule has 22 heteroatoms. The quantitative estimate of drug-likeness (QED) is 0.101. The Hall–Kier alpha value is -3.79. The number of H-pyrrole nitrogens is 2. The second kappa shape index (κ2) is 12.0. The molecule has 6 heterocycles. The maximum atomic E-state index is 14.3. The number of fused-ring (bicyclic) bond motifs is 2. The summed E-state index contributed by atoms with van der Waals surface area (Å²) in [7, 11) is -4.51. The molecule has 0 aromatic carbocycles. The predicted molar refractivity (Wildman–Crippen MR) is 144 cm³/mol. The fourth-order valence-electron chi connectivity index (χ4n) is 4.75. The third-order valence-electron chi connectivity index (χ3n) is 6.78. The molecule has 6 rings (SSSR count). The van der Waals surface area contributed by atoms with Crippen LogP contribution in [0.4, 0.5) is 20.7 Å². The van der Waals surface area contributed by atoms with E-state index in [2.05, 4.69) is 19.9 Å². The molecule has 0 amide bonds. The van der Waals surface area contributed by atoms with Gasteiger partial charge in [0.15, 0.2) is 48.7 Å². The van der Waals surface area contributed by atoms with Crippen LogP contribution >= 0.6 is 7.60 Å². The van der Waals surface area contributed by atoms with Gasteiger partial charge in [-0.2, -0.15) is 9.97 Å². The molecule has 4 aromatic rings. The zero-order valence-corrected chi connectivity index (χ0v) is 23.1. The molecule has 8 atom stereocenters. The summed E-state index contributed by atoms with van der Waals surface area (Å²) in [5, 5.41) is 28.8. The summed E-state index contributed by atoms with van der Waals surface area (Å²) in [5.74, 6) is -0.286. The summed E-state index contributed by atoms with van der Waals surface area (Å²) in [4.78, 5) is 53.5. The van der Waals surface area contributed by atoms with Gasteiger partial charge in [0.25, 0.3) is 11.1 Å². The fourth-order valence-corrected chi connectivity index (χ4v) is 5.09. The monoisotopic (exact) mass is 648 g/mol. The van der Waals surface area contributed by atoms with E-state index in [0.29, 0.717) is 0 Å². The van der Waals surface area contributed by atoms with Crippen molar-refractivity contribution in [3.05, 3.63) is 45.2 Å². The van der Waals surface area contributed by atoms with Crippen LogP contribution in [-0.2, 0) is 18.8 Å². The fraction of sp³-hybridized carbons (Fsp3) is 0.455. The lowest BCUT2D eigenvalue weighted by Crippen LogP contribution is -2.30. The Morgan fingerprint density at radius 2 is 1.39 bits per heavy atom. The largest absolute Gasteiger partial charge is 0.394 e. The number of anilines is 2. The van der Waals surface area contributed by atoms with Gasteiger partial charge in [-0.3, -0.25) is 24.1 Å². The van der Waals surface area contributed by atoms with Crippen LogP contribution < -0.4 is 22.6 Å². The first-order valence-corrected chi connectivity index (χ1v) is 14.4. The summed E-state index contributed by atoms with van der Waals surface area (Å²) >= 11 is 0. The average molecular weight is 648 g/mol. The number of rotatable bonds is 6. The van der Waals surface area contributed by atoms with Gasteiger partial charge in [-0.15, -0.1) is 0 Å². The van der Waals surface area contributed by atoms with E-state index < -0.39 is 81.1 Å². The molecule has 2 unspecified atom stereocenters. The Kier molecular flexibility index (Phi) is 8.59. The molecule has 2 aliphatic rings. The van der Waals surface area contributed by atoms with Crippen molar-refractivity contribution in [2.45, 2.75) is 49.4 Å². The van der Waals surface area contributed by atoms with Crippen molar-refractivity contribution >= 4 is 41.6 Å². The van der Waals surface area contributed by atoms with Gasteiger partial charge in [-0.25, -0.2) is 8.78 Å². The second-order valence-corrected chi connectivity index (χ2v) is 11.4. The van der Waals surface area contributed by atoms with Crippen LogP contribution in [0.3, 0.4) is 0 Å². The third-order valence-corrected chi connectivity index (χ3v) is 7.27. The van der Waals surface area contributed by atoms with Crippen molar-refractivity contribution in [1.82, 2.24) is 29.1 Å². The number of halogens is 2. The SMILES string of the molecule is Nc1nc2c(ccn2[C@@H]2O[C@H](CO)C(O)[C@@H]2F)c(=O)[nH]1.Nc1nc2c(ccn2[C@@H]2O[C@H](OCP(=O)(O)O)C(O)[C@@H]2F)c(=O)[nH]1. The maximum Gasteiger partial charge on any atom is 0.351 e. The molecule has 2 aliphatic heterocycles. The molecular weight excluding hydrogens is 621 g/mol.